The number of alkyl halides is 1. The van der Waals surface area contributed by atoms with Gasteiger partial charge in [0.15, 0.2) is 5.76 Å². The van der Waals surface area contributed by atoms with Gasteiger partial charge < -0.3 is 9.26 Å². The number of rotatable bonds is 5. The van der Waals surface area contributed by atoms with Crippen molar-refractivity contribution in [3.63, 3.8) is 0 Å². The second-order valence-corrected chi connectivity index (χ2v) is 7.07. The van der Waals surface area contributed by atoms with Gasteiger partial charge in [-0.25, -0.2) is 8.42 Å². The molecule has 2 heterocycles. The summed E-state index contributed by atoms with van der Waals surface area (Å²) in [5.74, 6) is 0.792. The minimum absolute atomic E-state index is 0.0878. The third-order valence-corrected chi connectivity index (χ3v) is 5.70. The Morgan fingerprint density at radius 3 is 2.55 bits per heavy atom. The molecule has 0 N–H and O–H groups in total. The molecule has 1 aromatic rings. The molecule has 1 aliphatic rings. The molecule has 0 aromatic carbocycles. The molecule has 0 saturated carbocycles. The fourth-order valence-electron chi connectivity index (χ4n) is 2.42. The number of hydrogen-bond donors (Lipinski definition) is 0. The summed E-state index contributed by atoms with van der Waals surface area (Å²) in [6.07, 6.45) is 1.45. The summed E-state index contributed by atoms with van der Waals surface area (Å²) in [7, 11) is -3.53. The van der Waals surface area contributed by atoms with E-state index in [0.29, 0.717) is 49.9 Å². The smallest absolute Gasteiger partial charge is 0.248 e. The maximum absolute atomic E-state index is 12.6. The van der Waals surface area contributed by atoms with Crippen LogP contribution in [-0.2, 0) is 14.8 Å². The number of aryl methyl sites for hydroxylation is 2. The van der Waals surface area contributed by atoms with Crippen LogP contribution in [0.25, 0.3) is 0 Å². The molecule has 2 rings (SSSR count). The van der Waals surface area contributed by atoms with Crippen molar-refractivity contribution in [2.24, 2.45) is 0 Å². The molecule has 0 amide bonds. The van der Waals surface area contributed by atoms with Crippen molar-refractivity contribution in [2.75, 3.05) is 25.6 Å². The van der Waals surface area contributed by atoms with E-state index in [4.69, 9.17) is 20.9 Å². The summed E-state index contributed by atoms with van der Waals surface area (Å²) in [5, 5.41) is 3.71. The number of sulfonamides is 1. The van der Waals surface area contributed by atoms with E-state index in [1.165, 1.54) is 4.31 Å². The molecule has 0 atom stereocenters. The molecule has 0 radical (unpaired) electrons. The molecular formula is C12H19ClN2O4S. The zero-order chi connectivity index (χ0) is 14.8. The van der Waals surface area contributed by atoms with Crippen molar-refractivity contribution in [3.05, 3.63) is 11.5 Å². The van der Waals surface area contributed by atoms with Crippen LogP contribution in [0.2, 0.25) is 0 Å². The van der Waals surface area contributed by atoms with Gasteiger partial charge in [0, 0.05) is 19.0 Å². The van der Waals surface area contributed by atoms with Crippen molar-refractivity contribution in [2.45, 2.75) is 37.7 Å². The van der Waals surface area contributed by atoms with E-state index in [-0.39, 0.29) is 11.0 Å². The molecule has 0 bridgehead atoms. The molecular weight excluding hydrogens is 304 g/mol. The second kappa shape index (κ2) is 6.43. The molecule has 0 unspecified atom stereocenters. The Morgan fingerprint density at radius 1 is 1.40 bits per heavy atom. The SMILES string of the molecule is Cc1noc(C)c1S(=O)(=O)N1CCC(OCCCl)CC1. The second-order valence-electron chi connectivity index (χ2n) is 4.82. The van der Waals surface area contributed by atoms with E-state index in [9.17, 15) is 8.42 Å². The normalized spacial score (nSPS) is 18.6. The van der Waals surface area contributed by atoms with Crippen molar-refractivity contribution >= 4 is 21.6 Å². The summed E-state index contributed by atoms with van der Waals surface area (Å²) in [6.45, 7) is 4.64. The topological polar surface area (TPSA) is 72.6 Å². The van der Waals surface area contributed by atoms with Gasteiger partial charge in [-0.1, -0.05) is 5.16 Å². The van der Waals surface area contributed by atoms with Crippen molar-refractivity contribution in [1.82, 2.24) is 9.46 Å². The van der Waals surface area contributed by atoms with Gasteiger partial charge in [-0.05, 0) is 26.7 Å². The molecule has 0 spiro atoms. The van der Waals surface area contributed by atoms with E-state index >= 15 is 0 Å². The third kappa shape index (κ3) is 3.16. The van der Waals surface area contributed by atoms with E-state index in [0.717, 1.165) is 0 Å². The first-order chi connectivity index (χ1) is 9.46. The number of ether oxygens (including phenoxy) is 1. The highest BCUT2D eigenvalue weighted by Gasteiger charge is 2.33. The number of piperidine rings is 1. The van der Waals surface area contributed by atoms with Gasteiger partial charge in [0.1, 0.15) is 10.6 Å². The van der Waals surface area contributed by atoms with Crippen LogP contribution in [0, 0.1) is 13.8 Å². The maximum Gasteiger partial charge on any atom is 0.248 e. The molecule has 1 aliphatic heterocycles. The van der Waals surface area contributed by atoms with Crippen molar-refractivity contribution in [3.8, 4) is 0 Å². The number of hydrogen-bond acceptors (Lipinski definition) is 5. The van der Waals surface area contributed by atoms with Gasteiger partial charge >= 0.3 is 0 Å². The van der Waals surface area contributed by atoms with Gasteiger partial charge in [-0.15, -0.1) is 11.6 Å². The summed E-state index contributed by atoms with van der Waals surface area (Å²) < 4.78 is 37.1. The summed E-state index contributed by atoms with van der Waals surface area (Å²) >= 11 is 5.58. The van der Waals surface area contributed by atoms with Gasteiger partial charge in [-0.3, -0.25) is 0 Å². The third-order valence-electron chi connectivity index (χ3n) is 3.40. The van der Waals surface area contributed by atoms with Gasteiger partial charge in [0.25, 0.3) is 0 Å². The monoisotopic (exact) mass is 322 g/mol. The average molecular weight is 323 g/mol. The molecule has 20 heavy (non-hydrogen) atoms. The molecule has 6 nitrogen and oxygen atoms in total. The lowest BCUT2D eigenvalue weighted by atomic mass is 10.1. The average Bonchev–Trinajstić information content (AvgIpc) is 2.77. The zero-order valence-corrected chi connectivity index (χ0v) is 13.2. The van der Waals surface area contributed by atoms with Crippen LogP contribution in [0.5, 0.6) is 0 Å². The summed E-state index contributed by atoms with van der Waals surface area (Å²) in [5.41, 5.74) is 0.406. The Balaban J connectivity index is 2.06. The Morgan fingerprint density at radius 2 is 2.05 bits per heavy atom. The fraction of sp³-hybridized carbons (Fsp3) is 0.750. The van der Waals surface area contributed by atoms with E-state index in [1.807, 2.05) is 0 Å². The van der Waals surface area contributed by atoms with Crippen LogP contribution < -0.4 is 0 Å². The Bertz CT molecular complexity index is 530. The van der Waals surface area contributed by atoms with Crippen LogP contribution in [0.15, 0.2) is 9.42 Å². The summed E-state index contributed by atoms with van der Waals surface area (Å²) in [6, 6.07) is 0. The lowest BCUT2D eigenvalue weighted by molar-refractivity contribution is 0.0301. The largest absolute Gasteiger partial charge is 0.377 e. The quantitative estimate of drug-likeness (QED) is 0.771. The van der Waals surface area contributed by atoms with Gasteiger partial charge in [0.05, 0.1) is 12.7 Å². The first-order valence-corrected chi connectivity index (χ1v) is 8.55. The van der Waals surface area contributed by atoms with Crippen LogP contribution >= 0.6 is 11.6 Å². The molecule has 1 fully saturated rings. The predicted octanol–water partition coefficient (Wildman–Crippen LogP) is 1.70. The van der Waals surface area contributed by atoms with Crippen LogP contribution in [0.1, 0.15) is 24.3 Å². The first-order valence-electron chi connectivity index (χ1n) is 6.57. The van der Waals surface area contributed by atoms with Crippen molar-refractivity contribution in [1.29, 1.82) is 0 Å². The molecule has 0 aliphatic carbocycles. The first kappa shape index (κ1) is 15.8. The molecule has 8 heteroatoms. The molecule has 114 valence electrons. The maximum atomic E-state index is 12.6. The van der Waals surface area contributed by atoms with E-state index in [1.54, 1.807) is 13.8 Å². The highest BCUT2D eigenvalue weighted by molar-refractivity contribution is 7.89. The Hall–Kier alpha value is -0.630. The minimum Gasteiger partial charge on any atom is -0.377 e. The Kier molecular flexibility index (Phi) is 5.06. The highest BCUT2D eigenvalue weighted by Crippen LogP contribution is 2.26. The zero-order valence-electron chi connectivity index (χ0n) is 11.6. The van der Waals surface area contributed by atoms with E-state index < -0.39 is 10.0 Å². The number of halogens is 1. The lowest BCUT2D eigenvalue weighted by Crippen LogP contribution is -2.41. The molecule has 1 aromatic heterocycles. The highest BCUT2D eigenvalue weighted by atomic mass is 35.5. The number of aromatic nitrogens is 1. The Labute approximate surface area is 124 Å². The van der Waals surface area contributed by atoms with Crippen LogP contribution in [-0.4, -0.2) is 49.6 Å². The van der Waals surface area contributed by atoms with Crippen LogP contribution in [0.3, 0.4) is 0 Å². The lowest BCUT2D eigenvalue weighted by Gasteiger charge is -2.30. The fourth-order valence-corrected chi connectivity index (χ4v) is 4.27. The van der Waals surface area contributed by atoms with Crippen molar-refractivity contribution < 1.29 is 17.7 Å². The minimum atomic E-state index is -3.53. The van der Waals surface area contributed by atoms with E-state index in [2.05, 4.69) is 5.16 Å². The predicted molar refractivity (Wildman–Crippen MR) is 74.4 cm³/mol. The molecule has 1 saturated heterocycles. The summed E-state index contributed by atoms with van der Waals surface area (Å²) in [4.78, 5) is 0.192. The van der Waals surface area contributed by atoms with Crippen LogP contribution in [0.4, 0.5) is 0 Å². The number of nitrogens with zero attached hydrogens (tertiary/aromatic N) is 2. The van der Waals surface area contributed by atoms with Gasteiger partial charge in [-0.2, -0.15) is 4.31 Å². The standard InChI is InChI=1S/C12H19ClN2O4S/c1-9-12(10(2)19-14-9)20(16,17)15-6-3-11(4-7-15)18-8-5-13/h11H,3-8H2,1-2H3. The van der Waals surface area contributed by atoms with Gasteiger partial charge in [0.2, 0.25) is 10.0 Å².